The van der Waals surface area contributed by atoms with Crippen LogP contribution in [-0.2, 0) is 13.2 Å². The van der Waals surface area contributed by atoms with Crippen LogP contribution in [0, 0.1) is 0 Å². The molecule has 0 atom stereocenters. The van der Waals surface area contributed by atoms with Gasteiger partial charge in [-0.05, 0) is 29.8 Å². The van der Waals surface area contributed by atoms with Gasteiger partial charge in [-0.2, -0.15) is 5.10 Å². The van der Waals surface area contributed by atoms with Crippen molar-refractivity contribution in [1.29, 1.82) is 0 Å². The highest BCUT2D eigenvalue weighted by Gasteiger charge is 1.98. The second kappa shape index (κ2) is 5.61. The lowest BCUT2D eigenvalue weighted by molar-refractivity contribution is 0.280. The maximum Gasteiger partial charge on any atom is 0.151 e. The lowest BCUT2D eigenvalue weighted by atomic mass is 10.2. The molecule has 0 spiro atoms. The highest BCUT2D eigenvalue weighted by Crippen LogP contribution is 2.13. The molecule has 0 radical (unpaired) electrons. The first-order valence-corrected chi connectivity index (χ1v) is 5.46. The summed E-state index contributed by atoms with van der Waals surface area (Å²) < 4.78 is 5.50. The van der Waals surface area contributed by atoms with Crippen molar-refractivity contribution < 1.29 is 9.84 Å². The number of ether oxygens (including phenoxy) is 1. The zero-order chi connectivity index (χ0) is 12.1. The number of rotatable bonds is 4. The van der Waals surface area contributed by atoms with Gasteiger partial charge in [0.05, 0.1) is 6.61 Å². The molecule has 2 rings (SSSR count). The Balaban J connectivity index is 1.95. The molecule has 5 heteroatoms. The van der Waals surface area contributed by atoms with Gasteiger partial charge in [0.1, 0.15) is 18.1 Å². The van der Waals surface area contributed by atoms with Gasteiger partial charge < -0.3 is 9.84 Å². The van der Waals surface area contributed by atoms with Crippen molar-refractivity contribution in [2.24, 2.45) is 0 Å². The van der Waals surface area contributed by atoms with Crippen LogP contribution >= 0.6 is 11.6 Å². The number of hydrogen-bond acceptors (Lipinski definition) is 4. The highest BCUT2D eigenvalue weighted by atomic mass is 35.5. The number of aliphatic hydroxyl groups excluding tert-OH is 1. The van der Waals surface area contributed by atoms with Gasteiger partial charge in [-0.3, -0.25) is 0 Å². The molecule has 0 amide bonds. The molecule has 4 nitrogen and oxygen atoms in total. The van der Waals surface area contributed by atoms with E-state index in [4.69, 9.17) is 21.4 Å². The number of nitrogens with zero attached hydrogens (tertiary/aromatic N) is 2. The Hall–Kier alpha value is -1.65. The zero-order valence-electron chi connectivity index (χ0n) is 9.01. The van der Waals surface area contributed by atoms with Crippen molar-refractivity contribution in [1.82, 2.24) is 10.2 Å². The van der Waals surface area contributed by atoms with Crippen LogP contribution in [0.1, 0.15) is 11.3 Å². The molecule has 1 aromatic heterocycles. The second-order valence-corrected chi connectivity index (χ2v) is 3.83. The Labute approximate surface area is 104 Å². The first-order chi connectivity index (χ1) is 8.28. The molecule has 0 fully saturated rings. The van der Waals surface area contributed by atoms with E-state index in [0.29, 0.717) is 17.5 Å². The molecule has 0 unspecified atom stereocenters. The Morgan fingerprint density at radius 2 is 1.82 bits per heavy atom. The number of benzene rings is 1. The van der Waals surface area contributed by atoms with Crippen molar-refractivity contribution in [3.05, 3.63) is 52.8 Å². The van der Waals surface area contributed by atoms with Gasteiger partial charge in [-0.25, -0.2) is 0 Å². The fraction of sp³-hybridized carbons (Fsp3) is 0.167. The summed E-state index contributed by atoms with van der Waals surface area (Å²) in [5.41, 5.74) is 1.56. The van der Waals surface area contributed by atoms with Gasteiger partial charge in [-0.15, -0.1) is 5.10 Å². The van der Waals surface area contributed by atoms with E-state index in [1.807, 2.05) is 12.1 Å². The summed E-state index contributed by atoms with van der Waals surface area (Å²) in [6.45, 7) is 0.367. The third-order valence-electron chi connectivity index (χ3n) is 2.18. The summed E-state index contributed by atoms with van der Waals surface area (Å²) in [5.74, 6) is 0.721. The first kappa shape index (κ1) is 11.8. The van der Waals surface area contributed by atoms with E-state index in [9.17, 15) is 0 Å². The fourth-order valence-electron chi connectivity index (χ4n) is 1.27. The monoisotopic (exact) mass is 250 g/mol. The topological polar surface area (TPSA) is 55.2 Å². The molecular formula is C12H11ClN2O2. The van der Waals surface area contributed by atoms with E-state index in [-0.39, 0.29) is 6.61 Å². The van der Waals surface area contributed by atoms with E-state index in [1.165, 1.54) is 0 Å². The third kappa shape index (κ3) is 3.41. The SMILES string of the molecule is OCc1ccc(OCc2ccc(Cl)nn2)cc1. The predicted molar refractivity (Wildman–Crippen MR) is 63.7 cm³/mol. The number of aliphatic hydroxyl groups is 1. The molecule has 88 valence electrons. The summed E-state index contributed by atoms with van der Waals surface area (Å²) in [7, 11) is 0. The minimum absolute atomic E-state index is 0.0307. The Morgan fingerprint density at radius 1 is 1.06 bits per heavy atom. The van der Waals surface area contributed by atoms with Crippen molar-refractivity contribution in [3.63, 3.8) is 0 Å². The summed E-state index contributed by atoms with van der Waals surface area (Å²) >= 11 is 5.62. The van der Waals surface area contributed by atoms with E-state index in [0.717, 1.165) is 11.3 Å². The smallest absolute Gasteiger partial charge is 0.151 e. The molecule has 1 aromatic carbocycles. The molecule has 0 bridgehead atoms. The second-order valence-electron chi connectivity index (χ2n) is 3.44. The normalized spacial score (nSPS) is 10.2. The molecule has 0 saturated carbocycles. The van der Waals surface area contributed by atoms with Gasteiger partial charge in [0, 0.05) is 0 Å². The van der Waals surface area contributed by atoms with Gasteiger partial charge >= 0.3 is 0 Å². The van der Waals surface area contributed by atoms with Crippen LogP contribution in [0.3, 0.4) is 0 Å². The fourth-order valence-corrected chi connectivity index (χ4v) is 1.37. The standard InChI is InChI=1S/C12H11ClN2O2/c13-12-6-3-10(14-15-12)8-17-11-4-1-9(7-16)2-5-11/h1-6,16H,7-8H2. The van der Waals surface area contributed by atoms with Gasteiger partial charge in [0.25, 0.3) is 0 Å². The van der Waals surface area contributed by atoms with E-state index >= 15 is 0 Å². The largest absolute Gasteiger partial charge is 0.487 e. The molecule has 2 aromatic rings. The summed E-state index contributed by atoms with van der Waals surface area (Å²) in [6.07, 6.45) is 0. The molecule has 0 aliphatic heterocycles. The average Bonchev–Trinajstić information content (AvgIpc) is 2.39. The van der Waals surface area contributed by atoms with Crippen LogP contribution in [0.2, 0.25) is 5.15 Å². The lowest BCUT2D eigenvalue weighted by Crippen LogP contribution is -1.99. The number of aromatic nitrogens is 2. The van der Waals surface area contributed by atoms with Crippen LogP contribution in [0.4, 0.5) is 0 Å². The Kier molecular flexibility index (Phi) is 3.90. The van der Waals surface area contributed by atoms with Crippen LogP contribution in [-0.4, -0.2) is 15.3 Å². The molecule has 0 saturated heterocycles. The van der Waals surface area contributed by atoms with Gasteiger partial charge in [-0.1, -0.05) is 23.7 Å². The van der Waals surface area contributed by atoms with E-state index < -0.39 is 0 Å². The summed E-state index contributed by atoms with van der Waals surface area (Å²) in [5, 5.41) is 16.9. The van der Waals surface area contributed by atoms with E-state index in [2.05, 4.69) is 10.2 Å². The maximum atomic E-state index is 8.89. The minimum Gasteiger partial charge on any atom is -0.487 e. The van der Waals surface area contributed by atoms with Crippen LogP contribution in [0.5, 0.6) is 5.75 Å². The van der Waals surface area contributed by atoms with Crippen molar-refractivity contribution >= 4 is 11.6 Å². The average molecular weight is 251 g/mol. The highest BCUT2D eigenvalue weighted by molar-refractivity contribution is 6.29. The molecule has 0 aliphatic rings. The molecule has 1 heterocycles. The quantitative estimate of drug-likeness (QED) is 0.904. The summed E-state index contributed by atoms with van der Waals surface area (Å²) in [4.78, 5) is 0. The van der Waals surface area contributed by atoms with Gasteiger partial charge in [0.15, 0.2) is 5.15 Å². The summed E-state index contributed by atoms with van der Waals surface area (Å²) in [6, 6.07) is 10.6. The van der Waals surface area contributed by atoms with Gasteiger partial charge in [0.2, 0.25) is 0 Å². The van der Waals surface area contributed by atoms with Crippen molar-refractivity contribution in [2.45, 2.75) is 13.2 Å². The maximum absolute atomic E-state index is 8.89. The molecule has 17 heavy (non-hydrogen) atoms. The number of halogens is 1. The predicted octanol–water partition coefficient (Wildman–Crippen LogP) is 2.20. The van der Waals surface area contributed by atoms with Crippen molar-refractivity contribution in [2.75, 3.05) is 0 Å². The molecular weight excluding hydrogens is 240 g/mol. The Morgan fingerprint density at radius 3 is 2.41 bits per heavy atom. The zero-order valence-corrected chi connectivity index (χ0v) is 9.76. The molecule has 1 N–H and O–H groups in total. The van der Waals surface area contributed by atoms with E-state index in [1.54, 1.807) is 24.3 Å². The molecule has 0 aliphatic carbocycles. The van der Waals surface area contributed by atoms with Crippen LogP contribution in [0.15, 0.2) is 36.4 Å². The minimum atomic E-state index is 0.0307. The Bertz CT molecular complexity index is 471. The van der Waals surface area contributed by atoms with Crippen LogP contribution < -0.4 is 4.74 Å². The third-order valence-corrected chi connectivity index (χ3v) is 2.38. The lowest BCUT2D eigenvalue weighted by Gasteiger charge is -2.05. The van der Waals surface area contributed by atoms with Crippen LogP contribution in [0.25, 0.3) is 0 Å². The number of hydrogen-bond donors (Lipinski definition) is 1. The first-order valence-electron chi connectivity index (χ1n) is 5.08. The van der Waals surface area contributed by atoms with Crippen molar-refractivity contribution in [3.8, 4) is 5.75 Å².